The van der Waals surface area contributed by atoms with Crippen molar-refractivity contribution in [1.82, 2.24) is 9.38 Å². The van der Waals surface area contributed by atoms with Crippen LogP contribution in [0.3, 0.4) is 0 Å². The van der Waals surface area contributed by atoms with Crippen LogP contribution in [0.2, 0.25) is 0 Å². The number of rotatable bonds is 5. The lowest BCUT2D eigenvalue weighted by molar-refractivity contribution is 0.0691. The topological polar surface area (TPSA) is 101 Å². The second-order valence-electron chi connectivity index (χ2n) is 3.87. The number of hydrogen-bond donors (Lipinski definition) is 2. The molecule has 2 aromatic heterocycles. The van der Waals surface area contributed by atoms with E-state index in [-0.39, 0.29) is 16.8 Å². The predicted molar refractivity (Wildman–Crippen MR) is 64.7 cm³/mol. The summed E-state index contributed by atoms with van der Waals surface area (Å²) in [5.41, 5.74) is -0.256. The number of nitrogens with zero attached hydrogens (tertiary/aromatic N) is 2. The molecule has 0 aromatic carbocycles. The Kier molecular flexibility index (Phi) is 3.48. The van der Waals surface area contributed by atoms with Crippen LogP contribution in [-0.4, -0.2) is 45.3 Å². The van der Waals surface area contributed by atoms with Crippen molar-refractivity contribution in [2.75, 3.05) is 13.7 Å². The average molecular weight is 264 g/mol. The lowest BCUT2D eigenvalue weighted by atomic mass is 10.2. The van der Waals surface area contributed by atoms with Gasteiger partial charge >= 0.3 is 11.9 Å². The van der Waals surface area contributed by atoms with Gasteiger partial charge in [0.2, 0.25) is 0 Å². The van der Waals surface area contributed by atoms with E-state index in [1.807, 2.05) is 0 Å². The molecular formula is C12H12N2O5. The van der Waals surface area contributed by atoms with Gasteiger partial charge in [0, 0.05) is 19.7 Å². The lowest BCUT2D eigenvalue weighted by Crippen LogP contribution is -2.05. The Balaban J connectivity index is 2.71. The molecule has 7 nitrogen and oxygen atoms in total. The summed E-state index contributed by atoms with van der Waals surface area (Å²) in [5, 5.41) is 18.2. The standard InChI is InChI=1S/C12H12N2O5/c1-19-6-4-8-13-9(12(17)18)10-7(11(15)16)3-2-5-14(8)10/h2-3,5H,4,6H2,1H3,(H,15,16)(H,17,18). The zero-order valence-electron chi connectivity index (χ0n) is 10.2. The summed E-state index contributed by atoms with van der Waals surface area (Å²) in [6.45, 7) is 0.371. The van der Waals surface area contributed by atoms with Gasteiger partial charge in [0.15, 0.2) is 5.69 Å². The molecule has 0 amide bonds. The molecule has 100 valence electrons. The second-order valence-corrected chi connectivity index (χ2v) is 3.87. The molecule has 0 bridgehead atoms. The Labute approximate surface area is 108 Å². The summed E-state index contributed by atoms with van der Waals surface area (Å²) in [6.07, 6.45) is 1.99. The molecule has 0 saturated carbocycles. The van der Waals surface area contributed by atoms with Crippen molar-refractivity contribution in [3.05, 3.63) is 35.4 Å². The van der Waals surface area contributed by atoms with E-state index in [2.05, 4.69) is 4.98 Å². The van der Waals surface area contributed by atoms with Gasteiger partial charge in [0.1, 0.15) is 5.82 Å². The number of fused-ring (bicyclic) bond motifs is 1. The summed E-state index contributed by atoms with van der Waals surface area (Å²) in [7, 11) is 1.52. The van der Waals surface area contributed by atoms with E-state index in [1.54, 1.807) is 12.3 Å². The highest BCUT2D eigenvalue weighted by molar-refractivity contribution is 6.03. The fourth-order valence-electron chi connectivity index (χ4n) is 1.89. The van der Waals surface area contributed by atoms with E-state index in [0.29, 0.717) is 18.9 Å². The number of hydrogen-bond acceptors (Lipinski definition) is 4. The molecule has 0 aliphatic rings. The van der Waals surface area contributed by atoms with Crippen molar-refractivity contribution in [3.63, 3.8) is 0 Å². The molecule has 2 N–H and O–H groups in total. The summed E-state index contributed by atoms with van der Waals surface area (Å²) < 4.78 is 6.40. The number of imidazole rings is 1. The third-order valence-electron chi connectivity index (χ3n) is 2.70. The van der Waals surface area contributed by atoms with Crippen LogP contribution >= 0.6 is 0 Å². The van der Waals surface area contributed by atoms with Crippen LogP contribution in [0.4, 0.5) is 0 Å². The van der Waals surface area contributed by atoms with E-state index in [4.69, 9.17) is 14.9 Å². The normalized spacial score (nSPS) is 10.8. The smallest absolute Gasteiger partial charge is 0.356 e. The predicted octanol–water partition coefficient (Wildman–Crippen LogP) is 0.920. The Morgan fingerprint density at radius 2 is 2.11 bits per heavy atom. The fourth-order valence-corrected chi connectivity index (χ4v) is 1.89. The number of carbonyl (C=O) groups is 2. The Morgan fingerprint density at radius 1 is 1.37 bits per heavy atom. The first-order valence-electron chi connectivity index (χ1n) is 5.51. The summed E-state index contributed by atoms with van der Waals surface area (Å²) in [5.74, 6) is -1.99. The largest absolute Gasteiger partial charge is 0.478 e. The first kappa shape index (κ1) is 13.0. The monoisotopic (exact) mass is 264 g/mol. The number of aromatic carboxylic acids is 2. The molecule has 0 aliphatic carbocycles. The molecule has 2 heterocycles. The number of pyridine rings is 1. The molecule has 0 saturated heterocycles. The Morgan fingerprint density at radius 3 is 2.68 bits per heavy atom. The van der Waals surface area contributed by atoms with Gasteiger partial charge in [0.25, 0.3) is 0 Å². The minimum atomic E-state index is -1.25. The third kappa shape index (κ3) is 2.27. The number of ether oxygens (including phenoxy) is 1. The molecule has 0 atom stereocenters. The van der Waals surface area contributed by atoms with Crippen molar-refractivity contribution in [2.45, 2.75) is 6.42 Å². The van der Waals surface area contributed by atoms with Crippen LogP contribution in [0.15, 0.2) is 18.3 Å². The summed E-state index contributed by atoms with van der Waals surface area (Å²) >= 11 is 0. The minimum absolute atomic E-state index is 0.0870. The van der Waals surface area contributed by atoms with Gasteiger partial charge in [-0.05, 0) is 12.1 Å². The zero-order valence-corrected chi connectivity index (χ0v) is 10.2. The number of aromatic nitrogens is 2. The van der Waals surface area contributed by atoms with E-state index in [9.17, 15) is 9.59 Å². The molecule has 2 rings (SSSR count). The highest BCUT2D eigenvalue weighted by Crippen LogP contribution is 2.19. The van der Waals surface area contributed by atoms with E-state index < -0.39 is 11.9 Å². The van der Waals surface area contributed by atoms with Gasteiger partial charge in [-0.15, -0.1) is 0 Å². The molecule has 7 heteroatoms. The highest BCUT2D eigenvalue weighted by atomic mass is 16.5. The summed E-state index contributed by atoms with van der Waals surface area (Å²) in [6, 6.07) is 2.89. The van der Waals surface area contributed by atoms with Crippen molar-refractivity contribution in [1.29, 1.82) is 0 Å². The average Bonchev–Trinajstić information content (AvgIpc) is 2.75. The van der Waals surface area contributed by atoms with E-state index in [1.165, 1.54) is 17.6 Å². The van der Waals surface area contributed by atoms with E-state index >= 15 is 0 Å². The van der Waals surface area contributed by atoms with Crippen molar-refractivity contribution in [2.24, 2.45) is 0 Å². The lowest BCUT2D eigenvalue weighted by Gasteiger charge is -2.02. The SMILES string of the molecule is COCCc1nc(C(=O)O)c2c(C(=O)O)cccn12. The van der Waals surface area contributed by atoms with Crippen LogP contribution in [0, 0.1) is 0 Å². The molecular weight excluding hydrogens is 252 g/mol. The third-order valence-corrected chi connectivity index (χ3v) is 2.70. The zero-order chi connectivity index (χ0) is 14.0. The number of carboxylic acids is 2. The van der Waals surface area contributed by atoms with Crippen LogP contribution in [-0.2, 0) is 11.2 Å². The van der Waals surface area contributed by atoms with Gasteiger partial charge in [-0.1, -0.05) is 0 Å². The molecule has 0 fully saturated rings. The maximum atomic E-state index is 11.2. The molecule has 0 spiro atoms. The number of methoxy groups -OCH3 is 1. The van der Waals surface area contributed by atoms with Crippen molar-refractivity contribution >= 4 is 17.5 Å². The number of carboxylic acid groups (broad SMARTS) is 2. The second kappa shape index (κ2) is 5.07. The van der Waals surface area contributed by atoms with Crippen LogP contribution in [0.1, 0.15) is 26.7 Å². The first-order chi connectivity index (χ1) is 9.06. The molecule has 2 aromatic rings. The molecule has 0 radical (unpaired) electrons. The van der Waals surface area contributed by atoms with E-state index in [0.717, 1.165) is 0 Å². The van der Waals surface area contributed by atoms with Gasteiger partial charge < -0.3 is 19.4 Å². The maximum Gasteiger partial charge on any atom is 0.356 e. The maximum absolute atomic E-state index is 11.2. The molecule has 0 aliphatic heterocycles. The summed E-state index contributed by atoms with van der Waals surface area (Å²) in [4.78, 5) is 26.3. The quantitative estimate of drug-likeness (QED) is 0.832. The van der Waals surface area contributed by atoms with Crippen molar-refractivity contribution < 1.29 is 24.5 Å². The van der Waals surface area contributed by atoms with Crippen LogP contribution in [0.5, 0.6) is 0 Å². The van der Waals surface area contributed by atoms with Gasteiger partial charge in [-0.3, -0.25) is 0 Å². The fraction of sp³-hybridized carbons (Fsp3) is 0.250. The Bertz CT molecular complexity index is 647. The Hall–Kier alpha value is -2.41. The van der Waals surface area contributed by atoms with Gasteiger partial charge in [-0.2, -0.15) is 0 Å². The van der Waals surface area contributed by atoms with Crippen LogP contribution in [0.25, 0.3) is 5.52 Å². The van der Waals surface area contributed by atoms with Gasteiger partial charge in [0.05, 0.1) is 17.7 Å². The van der Waals surface area contributed by atoms with Crippen molar-refractivity contribution in [3.8, 4) is 0 Å². The van der Waals surface area contributed by atoms with Crippen LogP contribution < -0.4 is 0 Å². The minimum Gasteiger partial charge on any atom is -0.478 e. The van der Waals surface area contributed by atoms with Gasteiger partial charge in [-0.25, -0.2) is 14.6 Å². The first-order valence-corrected chi connectivity index (χ1v) is 5.51. The molecule has 19 heavy (non-hydrogen) atoms. The molecule has 0 unspecified atom stereocenters. The highest BCUT2D eigenvalue weighted by Gasteiger charge is 2.21.